The number of nitrogens with one attached hydrogen (secondary N) is 1. The lowest BCUT2D eigenvalue weighted by Crippen LogP contribution is -2.58. The van der Waals surface area contributed by atoms with Crippen molar-refractivity contribution in [1.82, 2.24) is 5.32 Å². The van der Waals surface area contributed by atoms with Crippen molar-refractivity contribution in [3.63, 3.8) is 0 Å². The molecule has 1 fully saturated rings. The standard InChI is InChI=1S/C15H30N2O2/c1-5-14(2,3)12-6-8-15(9-7-12,13(16)18)17-10-11-19-4/h12,17H,5-11H2,1-4H3,(H2,16,18). The first-order valence-electron chi connectivity index (χ1n) is 7.42. The quantitative estimate of drug-likeness (QED) is 0.696. The van der Waals surface area contributed by atoms with Crippen LogP contribution in [0.1, 0.15) is 52.9 Å². The number of carbonyl (C=O) groups excluding carboxylic acids is 1. The van der Waals surface area contributed by atoms with E-state index in [2.05, 4.69) is 26.1 Å². The SMILES string of the molecule is CCC(C)(C)C1CCC(NCCOC)(C(N)=O)CC1. The van der Waals surface area contributed by atoms with E-state index >= 15 is 0 Å². The number of hydrogen-bond donors (Lipinski definition) is 2. The van der Waals surface area contributed by atoms with Crippen molar-refractivity contribution in [1.29, 1.82) is 0 Å². The van der Waals surface area contributed by atoms with E-state index in [9.17, 15) is 4.79 Å². The molecule has 0 unspecified atom stereocenters. The summed E-state index contributed by atoms with van der Waals surface area (Å²) in [5, 5.41) is 3.33. The van der Waals surface area contributed by atoms with Crippen LogP contribution in [0.3, 0.4) is 0 Å². The minimum Gasteiger partial charge on any atom is -0.383 e. The summed E-state index contributed by atoms with van der Waals surface area (Å²) in [7, 11) is 1.67. The fourth-order valence-corrected chi connectivity index (χ4v) is 3.08. The molecule has 1 saturated carbocycles. The minimum atomic E-state index is -0.515. The molecule has 1 rings (SSSR count). The average Bonchev–Trinajstić information content (AvgIpc) is 2.39. The third-order valence-corrected chi connectivity index (χ3v) is 5.10. The van der Waals surface area contributed by atoms with Gasteiger partial charge in [-0.2, -0.15) is 0 Å². The van der Waals surface area contributed by atoms with Crippen LogP contribution in [0.15, 0.2) is 0 Å². The Kier molecular flexibility index (Phi) is 5.81. The summed E-state index contributed by atoms with van der Waals surface area (Å²) in [4.78, 5) is 11.8. The second-order valence-corrected chi connectivity index (χ2v) is 6.48. The van der Waals surface area contributed by atoms with Gasteiger partial charge in [0.05, 0.1) is 12.1 Å². The second-order valence-electron chi connectivity index (χ2n) is 6.48. The Morgan fingerprint density at radius 2 is 2.00 bits per heavy atom. The highest BCUT2D eigenvalue weighted by Gasteiger charge is 2.42. The number of nitrogens with two attached hydrogens (primary N) is 1. The number of primary amides is 1. The molecule has 1 aliphatic carbocycles. The molecular weight excluding hydrogens is 240 g/mol. The maximum atomic E-state index is 11.8. The highest BCUT2D eigenvalue weighted by molar-refractivity contribution is 5.84. The summed E-state index contributed by atoms with van der Waals surface area (Å²) in [6, 6.07) is 0. The molecule has 0 bridgehead atoms. The molecule has 0 heterocycles. The lowest BCUT2D eigenvalue weighted by atomic mass is 9.65. The van der Waals surface area contributed by atoms with E-state index in [1.807, 2.05) is 0 Å². The summed E-state index contributed by atoms with van der Waals surface area (Å²) in [6.45, 7) is 8.19. The van der Waals surface area contributed by atoms with Crippen LogP contribution in [0.25, 0.3) is 0 Å². The summed E-state index contributed by atoms with van der Waals surface area (Å²) >= 11 is 0. The largest absolute Gasteiger partial charge is 0.383 e. The molecule has 4 nitrogen and oxygen atoms in total. The first-order chi connectivity index (χ1) is 8.88. The van der Waals surface area contributed by atoms with Gasteiger partial charge in [0, 0.05) is 13.7 Å². The number of ether oxygens (including phenoxy) is 1. The van der Waals surface area contributed by atoms with Crippen molar-refractivity contribution in [3.05, 3.63) is 0 Å². The molecule has 0 saturated heterocycles. The zero-order valence-corrected chi connectivity index (χ0v) is 12.9. The van der Waals surface area contributed by atoms with E-state index < -0.39 is 5.54 Å². The highest BCUT2D eigenvalue weighted by Crippen LogP contribution is 2.43. The molecule has 112 valence electrons. The van der Waals surface area contributed by atoms with Crippen LogP contribution in [0.4, 0.5) is 0 Å². The van der Waals surface area contributed by atoms with Crippen molar-refractivity contribution < 1.29 is 9.53 Å². The lowest BCUT2D eigenvalue weighted by molar-refractivity contribution is -0.126. The summed E-state index contributed by atoms with van der Waals surface area (Å²) < 4.78 is 5.04. The molecule has 0 radical (unpaired) electrons. The van der Waals surface area contributed by atoms with Crippen molar-refractivity contribution in [2.24, 2.45) is 17.1 Å². The van der Waals surface area contributed by atoms with E-state index in [0.29, 0.717) is 24.5 Å². The van der Waals surface area contributed by atoms with Crippen LogP contribution in [-0.4, -0.2) is 31.7 Å². The monoisotopic (exact) mass is 270 g/mol. The predicted octanol–water partition coefficient (Wildman–Crippen LogP) is 2.07. The third-order valence-electron chi connectivity index (χ3n) is 5.10. The van der Waals surface area contributed by atoms with E-state index in [0.717, 1.165) is 25.7 Å². The van der Waals surface area contributed by atoms with Crippen LogP contribution >= 0.6 is 0 Å². The smallest absolute Gasteiger partial charge is 0.237 e. The van der Waals surface area contributed by atoms with Gasteiger partial charge in [0.25, 0.3) is 0 Å². The topological polar surface area (TPSA) is 64.3 Å². The van der Waals surface area contributed by atoms with Crippen molar-refractivity contribution in [3.8, 4) is 0 Å². The van der Waals surface area contributed by atoms with E-state index in [1.54, 1.807) is 7.11 Å². The maximum Gasteiger partial charge on any atom is 0.237 e. The molecule has 3 N–H and O–H groups in total. The van der Waals surface area contributed by atoms with Crippen LogP contribution in [-0.2, 0) is 9.53 Å². The van der Waals surface area contributed by atoms with Crippen molar-refractivity contribution in [2.75, 3.05) is 20.3 Å². The molecule has 1 aliphatic rings. The summed E-state index contributed by atoms with van der Waals surface area (Å²) in [5.74, 6) is 0.477. The van der Waals surface area contributed by atoms with Gasteiger partial charge < -0.3 is 15.8 Å². The third kappa shape index (κ3) is 3.93. The van der Waals surface area contributed by atoms with Gasteiger partial charge >= 0.3 is 0 Å². The van der Waals surface area contributed by atoms with Gasteiger partial charge in [-0.1, -0.05) is 27.2 Å². The number of hydrogen-bond acceptors (Lipinski definition) is 3. The van der Waals surface area contributed by atoms with Gasteiger partial charge in [-0.3, -0.25) is 4.79 Å². The lowest BCUT2D eigenvalue weighted by Gasteiger charge is -2.44. The molecule has 0 aromatic heterocycles. The first kappa shape index (κ1) is 16.4. The van der Waals surface area contributed by atoms with E-state index in [-0.39, 0.29) is 5.91 Å². The fourth-order valence-electron chi connectivity index (χ4n) is 3.08. The Labute approximate surface area is 117 Å². The van der Waals surface area contributed by atoms with Gasteiger partial charge in [0.1, 0.15) is 0 Å². The molecule has 0 aromatic carbocycles. The molecular formula is C15H30N2O2. The van der Waals surface area contributed by atoms with Crippen LogP contribution in [0.5, 0.6) is 0 Å². The molecule has 19 heavy (non-hydrogen) atoms. The number of carbonyl (C=O) groups is 1. The Morgan fingerprint density at radius 3 is 2.42 bits per heavy atom. The Hall–Kier alpha value is -0.610. The normalized spacial score (nSPS) is 28.3. The Balaban J connectivity index is 2.62. The maximum absolute atomic E-state index is 11.8. The van der Waals surface area contributed by atoms with Crippen LogP contribution < -0.4 is 11.1 Å². The van der Waals surface area contributed by atoms with Gasteiger partial charge in [-0.15, -0.1) is 0 Å². The zero-order chi connectivity index (χ0) is 14.5. The van der Waals surface area contributed by atoms with Gasteiger partial charge in [0.15, 0.2) is 0 Å². The molecule has 0 atom stereocenters. The molecule has 0 aliphatic heterocycles. The second kappa shape index (κ2) is 6.71. The van der Waals surface area contributed by atoms with Crippen LogP contribution in [0.2, 0.25) is 0 Å². The number of amides is 1. The summed E-state index contributed by atoms with van der Waals surface area (Å²) in [6.07, 6.45) is 5.02. The highest BCUT2D eigenvalue weighted by atomic mass is 16.5. The molecule has 4 heteroatoms. The Bertz CT molecular complexity index is 295. The average molecular weight is 270 g/mol. The zero-order valence-electron chi connectivity index (χ0n) is 12.9. The van der Waals surface area contributed by atoms with E-state index in [4.69, 9.17) is 10.5 Å². The van der Waals surface area contributed by atoms with Gasteiger partial charge in [-0.25, -0.2) is 0 Å². The molecule has 1 amide bonds. The molecule has 0 spiro atoms. The van der Waals surface area contributed by atoms with Crippen molar-refractivity contribution in [2.45, 2.75) is 58.4 Å². The predicted molar refractivity (Wildman–Crippen MR) is 77.8 cm³/mol. The van der Waals surface area contributed by atoms with Gasteiger partial charge in [-0.05, 0) is 37.0 Å². The minimum absolute atomic E-state index is 0.212. The van der Waals surface area contributed by atoms with E-state index in [1.165, 1.54) is 6.42 Å². The van der Waals surface area contributed by atoms with Crippen LogP contribution in [0, 0.1) is 11.3 Å². The number of rotatable bonds is 7. The summed E-state index contributed by atoms with van der Waals surface area (Å²) in [5.41, 5.74) is 5.47. The van der Waals surface area contributed by atoms with Gasteiger partial charge in [0.2, 0.25) is 5.91 Å². The molecule has 0 aromatic rings. The fraction of sp³-hybridized carbons (Fsp3) is 0.933. The number of methoxy groups -OCH3 is 1. The first-order valence-corrected chi connectivity index (χ1v) is 7.42. The van der Waals surface area contributed by atoms with Crippen molar-refractivity contribution >= 4 is 5.91 Å². The Morgan fingerprint density at radius 1 is 1.42 bits per heavy atom.